The first-order chi connectivity index (χ1) is 10.7. The molecule has 22 heavy (non-hydrogen) atoms. The normalized spacial score (nSPS) is 11.7. The summed E-state index contributed by atoms with van der Waals surface area (Å²) in [6, 6.07) is 0. The monoisotopic (exact) mass is 322 g/mol. The summed E-state index contributed by atoms with van der Waals surface area (Å²) in [6.45, 7) is 8.13. The third-order valence-electron chi connectivity index (χ3n) is 2.82. The number of thiazole rings is 1. The molecular formula is C14H22N6OS. The predicted octanol–water partition coefficient (Wildman–Crippen LogP) is 1.83. The summed E-state index contributed by atoms with van der Waals surface area (Å²) in [4.78, 5) is 14.2. The fourth-order valence-corrected chi connectivity index (χ4v) is 2.56. The summed E-state index contributed by atoms with van der Waals surface area (Å²) in [6.07, 6.45) is 3.55. The Bertz CT molecular complexity index is 606. The van der Waals surface area contributed by atoms with Crippen molar-refractivity contribution in [3.05, 3.63) is 27.8 Å². The molecule has 0 atom stereocenters. The van der Waals surface area contributed by atoms with Gasteiger partial charge in [0.2, 0.25) is 5.89 Å². The van der Waals surface area contributed by atoms with Gasteiger partial charge in [-0.1, -0.05) is 5.16 Å². The van der Waals surface area contributed by atoms with Gasteiger partial charge < -0.3 is 15.2 Å². The summed E-state index contributed by atoms with van der Waals surface area (Å²) < 4.78 is 5.08. The van der Waals surface area contributed by atoms with Crippen LogP contribution in [0.1, 0.15) is 34.9 Å². The summed E-state index contributed by atoms with van der Waals surface area (Å²) in [7, 11) is 0. The van der Waals surface area contributed by atoms with Crippen molar-refractivity contribution in [2.45, 2.75) is 40.2 Å². The molecule has 7 nitrogen and oxygen atoms in total. The number of hydrogen-bond acceptors (Lipinski definition) is 6. The Hall–Kier alpha value is -1.96. The molecule has 0 amide bonds. The second-order valence-corrected chi connectivity index (χ2v) is 6.14. The Balaban J connectivity index is 1.75. The standard InChI is InChI=1S/C14H22N6OS/c1-4-15-14(18-9-13-17-8-10(2)22-13)16-7-5-6-12-19-11(3)20-21-12/h8H,4-7,9H2,1-3H3,(H2,15,16,18). The molecule has 0 aliphatic rings. The average Bonchev–Trinajstić information content (AvgIpc) is 3.09. The van der Waals surface area contributed by atoms with E-state index < -0.39 is 0 Å². The smallest absolute Gasteiger partial charge is 0.226 e. The first kappa shape index (κ1) is 16.4. The topological polar surface area (TPSA) is 88.2 Å². The SMILES string of the molecule is CCNC(=NCc1ncc(C)s1)NCCCc1nc(C)no1. The zero-order valence-electron chi connectivity index (χ0n) is 13.2. The van der Waals surface area contributed by atoms with Gasteiger partial charge in [0, 0.05) is 30.6 Å². The number of guanidine groups is 1. The van der Waals surface area contributed by atoms with Crippen LogP contribution in [0.15, 0.2) is 15.7 Å². The Labute approximate surface area is 134 Å². The van der Waals surface area contributed by atoms with E-state index in [1.165, 1.54) is 4.88 Å². The van der Waals surface area contributed by atoms with E-state index in [1.54, 1.807) is 11.3 Å². The lowest BCUT2D eigenvalue weighted by atomic mass is 10.3. The van der Waals surface area contributed by atoms with Crippen molar-refractivity contribution in [1.29, 1.82) is 0 Å². The molecule has 0 spiro atoms. The van der Waals surface area contributed by atoms with E-state index in [-0.39, 0.29) is 0 Å². The van der Waals surface area contributed by atoms with Crippen LogP contribution in [0.2, 0.25) is 0 Å². The van der Waals surface area contributed by atoms with Crippen LogP contribution in [-0.4, -0.2) is 34.2 Å². The highest BCUT2D eigenvalue weighted by molar-refractivity contribution is 7.11. The molecule has 0 fully saturated rings. The van der Waals surface area contributed by atoms with Gasteiger partial charge in [-0.2, -0.15) is 4.98 Å². The van der Waals surface area contributed by atoms with Crippen LogP contribution in [0.3, 0.4) is 0 Å². The van der Waals surface area contributed by atoms with Crippen molar-refractivity contribution in [1.82, 2.24) is 25.8 Å². The van der Waals surface area contributed by atoms with Crippen LogP contribution in [0.5, 0.6) is 0 Å². The Morgan fingerprint density at radius 2 is 2.23 bits per heavy atom. The minimum absolute atomic E-state index is 0.594. The second-order valence-electron chi connectivity index (χ2n) is 4.83. The fraction of sp³-hybridized carbons (Fsp3) is 0.571. The molecule has 0 aliphatic carbocycles. The molecular weight excluding hydrogens is 300 g/mol. The van der Waals surface area contributed by atoms with Crippen molar-refractivity contribution in [3.63, 3.8) is 0 Å². The fourth-order valence-electron chi connectivity index (χ4n) is 1.85. The minimum atomic E-state index is 0.594. The molecule has 2 heterocycles. The number of aromatic nitrogens is 3. The van der Waals surface area contributed by atoms with E-state index in [0.717, 1.165) is 36.9 Å². The predicted molar refractivity (Wildman–Crippen MR) is 87.0 cm³/mol. The third-order valence-corrected chi connectivity index (χ3v) is 3.71. The molecule has 0 saturated heterocycles. The number of nitrogens with one attached hydrogen (secondary N) is 2. The van der Waals surface area contributed by atoms with Crippen molar-refractivity contribution < 1.29 is 4.52 Å². The van der Waals surface area contributed by atoms with Crippen LogP contribution < -0.4 is 10.6 Å². The summed E-state index contributed by atoms with van der Waals surface area (Å²) in [5.41, 5.74) is 0. The highest BCUT2D eigenvalue weighted by Crippen LogP contribution is 2.11. The van der Waals surface area contributed by atoms with Crippen molar-refractivity contribution >= 4 is 17.3 Å². The van der Waals surface area contributed by atoms with Gasteiger partial charge in [0.1, 0.15) is 5.01 Å². The van der Waals surface area contributed by atoms with Crippen molar-refractivity contribution in [3.8, 4) is 0 Å². The number of aliphatic imine (C=N–C) groups is 1. The maximum atomic E-state index is 5.08. The molecule has 0 aliphatic heterocycles. The molecule has 0 bridgehead atoms. The number of nitrogens with zero attached hydrogens (tertiary/aromatic N) is 4. The molecule has 8 heteroatoms. The lowest BCUT2D eigenvalue weighted by Crippen LogP contribution is -2.37. The molecule has 0 saturated carbocycles. The van der Waals surface area contributed by atoms with Gasteiger partial charge >= 0.3 is 0 Å². The summed E-state index contributed by atoms with van der Waals surface area (Å²) in [5, 5.41) is 11.3. The first-order valence-electron chi connectivity index (χ1n) is 7.40. The van der Waals surface area contributed by atoms with Crippen LogP contribution in [0.4, 0.5) is 0 Å². The maximum absolute atomic E-state index is 5.08. The van der Waals surface area contributed by atoms with Crippen LogP contribution >= 0.6 is 11.3 Å². The van der Waals surface area contributed by atoms with E-state index >= 15 is 0 Å². The van der Waals surface area contributed by atoms with Crippen LogP contribution in [0.25, 0.3) is 0 Å². The summed E-state index contributed by atoms with van der Waals surface area (Å²) >= 11 is 1.67. The maximum Gasteiger partial charge on any atom is 0.226 e. The largest absolute Gasteiger partial charge is 0.357 e. The highest BCUT2D eigenvalue weighted by atomic mass is 32.1. The molecule has 0 radical (unpaired) electrons. The average molecular weight is 322 g/mol. The molecule has 2 rings (SSSR count). The lowest BCUT2D eigenvalue weighted by Gasteiger charge is -2.10. The number of hydrogen-bond donors (Lipinski definition) is 2. The van der Waals surface area contributed by atoms with E-state index in [4.69, 9.17) is 4.52 Å². The highest BCUT2D eigenvalue weighted by Gasteiger charge is 2.03. The van der Waals surface area contributed by atoms with E-state index in [0.29, 0.717) is 18.3 Å². The van der Waals surface area contributed by atoms with E-state index in [2.05, 4.69) is 30.8 Å². The number of aryl methyl sites for hydroxylation is 3. The van der Waals surface area contributed by atoms with Crippen molar-refractivity contribution in [2.75, 3.05) is 13.1 Å². The van der Waals surface area contributed by atoms with Gasteiger partial charge in [-0.15, -0.1) is 11.3 Å². The molecule has 0 aromatic carbocycles. The first-order valence-corrected chi connectivity index (χ1v) is 8.21. The zero-order valence-corrected chi connectivity index (χ0v) is 14.0. The van der Waals surface area contributed by atoms with Gasteiger partial charge in [0.05, 0.1) is 6.54 Å². The molecule has 2 N–H and O–H groups in total. The van der Waals surface area contributed by atoms with E-state index in [9.17, 15) is 0 Å². The summed E-state index contributed by atoms with van der Waals surface area (Å²) in [5.74, 6) is 2.16. The van der Waals surface area contributed by atoms with Crippen LogP contribution in [0, 0.1) is 13.8 Å². The van der Waals surface area contributed by atoms with Gasteiger partial charge in [0.25, 0.3) is 0 Å². The van der Waals surface area contributed by atoms with Crippen molar-refractivity contribution in [2.24, 2.45) is 4.99 Å². The van der Waals surface area contributed by atoms with Crippen LogP contribution in [-0.2, 0) is 13.0 Å². The Morgan fingerprint density at radius 3 is 2.86 bits per heavy atom. The van der Waals surface area contributed by atoms with E-state index in [1.807, 2.05) is 27.0 Å². The number of rotatable bonds is 7. The minimum Gasteiger partial charge on any atom is -0.357 e. The Morgan fingerprint density at radius 1 is 1.36 bits per heavy atom. The molecule has 2 aromatic rings. The molecule has 2 aromatic heterocycles. The van der Waals surface area contributed by atoms with Gasteiger partial charge in [-0.05, 0) is 27.2 Å². The lowest BCUT2D eigenvalue weighted by molar-refractivity contribution is 0.372. The third kappa shape index (κ3) is 5.44. The van der Waals surface area contributed by atoms with Gasteiger partial charge in [0.15, 0.2) is 11.8 Å². The molecule has 0 unspecified atom stereocenters. The second kappa shape index (κ2) is 8.47. The van der Waals surface area contributed by atoms with Gasteiger partial charge in [-0.25, -0.2) is 9.98 Å². The molecule has 120 valence electrons. The van der Waals surface area contributed by atoms with Gasteiger partial charge in [-0.3, -0.25) is 0 Å². The quantitative estimate of drug-likeness (QED) is 0.459. The zero-order chi connectivity index (χ0) is 15.8. The Kier molecular flexibility index (Phi) is 6.32.